The third-order valence-electron chi connectivity index (χ3n) is 17.9. The van der Waals surface area contributed by atoms with Crippen molar-refractivity contribution in [3.8, 4) is 16.9 Å². The molecular formula is C55H62F2O14SSi. The first-order valence-electron chi connectivity index (χ1n) is 25.5. The van der Waals surface area contributed by atoms with Gasteiger partial charge in [-0.2, -0.15) is 17.2 Å². The highest BCUT2D eigenvalue weighted by molar-refractivity contribution is 7.86. The number of rotatable bonds is 18. The summed E-state index contributed by atoms with van der Waals surface area (Å²) >= 11 is 0. The van der Waals surface area contributed by atoms with Gasteiger partial charge in [-0.3, -0.25) is 14.1 Å². The molecule has 8 aliphatic carbocycles. The molecule has 12 rings (SSSR count). The molecule has 0 spiro atoms. The molecular weight excluding hydrogens is 983 g/mol. The van der Waals surface area contributed by atoms with Crippen molar-refractivity contribution in [2.24, 2.45) is 47.3 Å². The number of methoxy groups -OCH3 is 1. The molecule has 2 unspecified atom stereocenters. The molecule has 8 bridgehead atoms. The third kappa shape index (κ3) is 9.76. The van der Waals surface area contributed by atoms with E-state index in [4.69, 9.17) is 28.2 Å². The molecule has 3 aromatic rings. The second-order valence-electron chi connectivity index (χ2n) is 22.4. The van der Waals surface area contributed by atoms with Gasteiger partial charge >= 0.3 is 45.2 Å². The molecule has 8 saturated carbocycles. The molecule has 1 N–H and O–H groups in total. The van der Waals surface area contributed by atoms with Crippen LogP contribution >= 0.6 is 0 Å². The number of carbonyl (C=O) groups excluding carboxylic acids is 5. The molecule has 0 amide bonds. The molecule has 73 heavy (non-hydrogen) atoms. The minimum absolute atomic E-state index is 0.0325. The van der Waals surface area contributed by atoms with Crippen LogP contribution in [0.1, 0.15) is 102 Å². The van der Waals surface area contributed by atoms with E-state index in [1.54, 1.807) is 6.07 Å². The van der Waals surface area contributed by atoms with Crippen LogP contribution in [0.3, 0.4) is 0 Å². The fraction of sp³-hybridized carbons (Fsp3) is 0.545. The van der Waals surface area contributed by atoms with Crippen LogP contribution in [-0.2, 0) is 64.2 Å². The van der Waals surface area contributed by atoms with Gasteiger partial charge in [0.1, 0.15) is 25.7 Å². The first kappa shape index (κ1) is 51.0. The Labute approximate surface area is 425 Å². The smallest absolute Gasteiger partial charge is 0.402 e. The van der Waals surface area contributed by atoms with Crippen molar-refractivity contribution < 1.29 is 74.1 Å². The van der Waals surface area contributed by atoms with Gasteiger partial charge in [-0.15, -0.1) is 0 Å². The van der Waals surface area contributed by atoms with Gasteiger partial charge in [-0.25, -0.2) is 14.4 Å². The molecule has 3 aromatic carbocycles. The van der Waals surface area contributed by atoms with Gasteiger partial charge in [0.15, 0.2) is 19.8 Å². The van der Waals surface area contributed by atoms with E-state index >= 15 is 0 Å². The number of alkyl halides is 2. The SMILES string of the molecule is C=C(Cc1ccc2c(c1)[SiH](c1ccc(OC)c(C(CC(=O)OC3(C)C4CC5CC(C4)CC3C5)C(=O)OCC(=O)OC3(C)C4CC5CC(C4)CC3C5)c1)c1ccccc1-2)C(=O)OCC(=O)OCC(F)(F)S(=O)(=O)O. The largest absolute Gasteiger partial charge is 0.496 e. The highest BCUT2D eigenvalue weighted by Crippen LogP contribution is 2.61. The predicted octanol–water partition coefficient (Wildman–Crippen LogP) is 6.12. The highest BCUT2D eigenvalue weighted by atomic mass is 32.2. The number of esters is 5. The molecule has 9 aliphatic rings. The minimum Gasteiger partial charge on any atom is -0.496 e. The van der Waals surface area contributed by atoms with Crippen LogP contribution in [0.5, 0.6) is 5.75 Å². The zero-order valence-electron chi connectivity index (χ0n) is 41.3. The Morgan fingerprint density at radius 3 is 1.84 bits per heavy atom. The van der Waals surface area contributed by atoms with Gasteiger partial charge in [0.25, 0.3) is 0 Å². The number of fused-ring (bicyclic) bond motifs is 3. The van der Waals surface area contributed by atoms with Crippen molar-refractivity contribution >= 4 is 64.3 Å². The van der Waals surface area contributed by atoms with Crippen molar-refractivity contribution in [2.75, 3.05) is 26.9 Å². The van der Waals surface area contributed by atoms with Gasteiger partial charge in [0, 0.05) is 17.6 Å². The van der Waals surface area contributed by atoms with Gasteiger partial charge in [-0.1, -0.05) is 66.4 Å². The average Bonchev–Trinajstić information content (AvgIpc) is 3.67. The number of halogens is 2. The van der Waals surface area contributed by atoms with Crippen molar-refractivity contribution in [3.05, 3.63) is 83.9 Å². The lowest BCUT2D eigenvalue weighted by Crippen LogP contribution is -2.58. The van der Waals surface area contributed by atoms with Crippen molar-refractivity contribution in [3.63, 3.8) is 0 Å². The Morgan fingerprint density at radius 2 is 1.26 bits per heavy atom. The van der Waals surface area contributed by atoms with E-state index in [2.05, 4.69) is 24.3 Å². The maximum absolute atomic E-state index is 14.7. The fourth-order valence-corrected chi connectivity index (χ4v) is 18.3. The maximum atomic E-state index is 14.7. The fourth-order valence-electron chi connectivity index (χ4n) is 14.6. The lowest BCUT2D eigenvalue weighted by Gasteiger charge is -2.59. The zero-order chi connectivity index (χ0) is 51.8. The molecule has 1 heterocycles. The molecule has 1 aliphatic heterocycles. The third-order valence-corrected chi connectivity index (χ3v) is 22.1. The number of hydrogen-bond acceptors (Lipinski definition) is 13. The lowest BCUT2D eigenvalue weighted by atomic mass is 9.50. The Hall–Kier alpha value is -5.46. The zero-order valence-corrected chi connectivity index (χ0v) is 43.3. The van der Waals surface area contributed by atoms with E-state index in [1.165, 1.54) is 20.0 Å². The minimum atomic E-state index is -5.85. The molecule has 0 aromatic heterocycles. The number of hydrogen-bond donors (Lipinski definition) is 1. The van der Waals surface area contributed by atoms with Crippen molar-refractivity contribution in [2.45, 2.75) is 113 Å². The van der Waals surface area contributed by atoms with Gasteiger partial charge in [0.05, 0.1) is 19.4 Å². The Balaban J connectivity index is 0.899. The van der Waals surface area contributed by atoms with Crippen LogP contribution in [0.15, 0.2) is 72.8 Å². The first-order valence-corrected chi connectivity index (χ1v) is 28.6. The monoisotopic (exact) mass is 1040 g/mol. The standard InChI is InChI=1S/C55H62F2O14SSi/c1-30(51(61)67-27-49(59)69-29-55(56,57)72(63,64)65)13-31-9-11-42-41-7-5-6-8-46(41)73(47(42)24-31)40-10-12-45(66-4)43(25-40)44(26-48(58)70-53(2)36-16-32-14-33(18-36)19-37(53)17-32)52(62)68-28-50(60)71-54(3)38-20-34-15-35(22-38)23-39(54)21-34/h5-12,24-25,32-39,44,73H,1,13-23,26-29H2,2-4H3,(H,63,64,65). The molecule has 390 valence electrons. The van der Waals surface area contributed by atoms with Gasteiger partial charge in [0.2, 0.25) is 0 Å². The van der Waals surface area contributed by atoms with Crippen LogP contribution in [-0.4, -0.2) is 95.0 Å². The van der Waals surface area contributed by atoms with Crippen molar-refractivity contribution in [1.29, 1.82) is 0 Å². The summed E-state index contributed by atoms with van der Waals surface area (Å²) in [7, 11) is -6.77. The van der Waals surface area contributed by atoms with E-state index < -0.39 is 91.0 Å². The first-order chi connectivity index (χ1) is 34.6. The number of benzene rings is 3. The van der Waals surface area contributed by atoms with Crippen LogP contribution < -0.4 is 20.3 Å². The van der Waals surface area contributed by atoms with E-state index in [1.807, 2.05) is 55.5 Å². The van der Waals surface area contributed by atoms with Crippen molar-refractivity contribution in [1.82, 2.24) is 0 Å². The van der Waals surface area contributed by atoms with Gasteiger partial charge < -0.3 is 28.4 Å². The van der Waals surface area contributed by atoms with Gasteiger partial charge in [-0.05, 0) is 159 Å². The summed E-state index contributed by atoms with van der Waals surface area (Å²) in [4.78, 5) is 67.8. The summed E-state index contributed by atoms with van der Waals surface area (Å²) in [5.41, 5.74) is 1.66. The normalized spacial score (nSPS) is 30.4. The summed E-state index contributed by atoms with van der Waals surface area (Å²) in [5.74, 6) is -1.63. The van der Waals surface area contributed by atoms with E-state index in [9.17, 15) is 41.2 Å². The van der Waals surface area contributed by atoms with Crippen LogP contribution in [0.4, 0.5) is 8.78 Å². The average molecular weight is 1050 g/mol. The number of carbonyl (C=O) groups is 5. The summed E-state index contributed by atoms with van der Waals surface area (Å²) < 4.78 is 91.2. The Morgan fingerprint density at radius 1 is 0.712 bits per heavy atom. The summed E-state index contributed by atoms with van der Waals surface area (Å²) in [6, 6.07) is 19.3. The summed E-state index contributed by atoms with van der Waals surface area (Å²) in [6.45, 7) is 4.20. The molecule has 8 fully saturated rings. The van der Waals surface area contributed by atoms with E-state index in [0.29, 0.717) is 40.5 Å². The molecule has 2 atom stereocenters. The second kappa shape index (κ2) is 19.3. The second-order valence-corrected chi connectivity index (χ2v) is 26.7. The predicted molar refractivity (Wildman–Crippen MR) is 264 cm³/mol. The molecule has 18 heteroatoms. The van der Waals surface area contributed by atoms with Crippen LogP contribution in [0, 0.1) is 47.3 Å². The molecule has 0 saturated heterocycles. The Bertz CT molecular complexity index is 2810. The number of ether oxygens (including phenoxy) is 6. The summed E-state index contributed by atoms with van der Waals surface area (Å²) in [5, 5.41) is -1.82. The van der Waals surface area contributed by atoms with Crippen LogP contribution in [0.2, 0.25) is 0 Å². The summed E-state index contributed by atoms with van der Waals surface area (Å²) in [6.07, 6.45) is 10.3. The maximum Gasteiger partial charge on any atom is 0.402 e. The van der Waals surface area contributed by atoms with E-state index in [-0.39, 0.29) is 42.1 Å². The molecule has 14 nitrogen and oxygen atoms in total. The Kier molecular flexibility index (Phi) is 13.5. The highest BCUT2D eigenvalue weighted by Gasteiger charge is 2.59. The van der Waals surface area contributed by atoms with E-state index in [0.717, 1.165) is 78.1 Å². The quantitative estimate of drug-likeness (QED) is 0.0394. The topological polar surface area (TPSA) is 195 Å². The lowest BCUT2D eigenvalue weighted by molar-refractivity contribution is -0.207. The van der Waals surface area contributed by atoms with Crippen LogP contribution in [0.25, 0.3) is 11.1 Å². The molecule has 0 radical (unpaired) electrons.